The maximum absolute atomic E-state index is 8.69. The number of benzene rings is 1. The number of hydrogen-bond acceptors (Lipinski definition) is 3. The van der Waals surface area contributed by atoms with Crippen molar-refractivity contribution >= 4 is 14.0 Å². The average molecular weight is 200 g/mol. The quantitative estimate of drug-likeness (QED) is 0.642. The van der Waals surface area contributed by atoms with Gasteiger partial charge in [0.2, 0.25) is 0 Å². The first-order valence-corrected chi connectivity index (χ1v) is 6.01. The molecule has 0 fully saturated rings. The van der Waals surface area contributed by atoms with E-state index in [0.717, 1.165) is 5.56 Å². The Balaban J connectivity index is 2.51. The molecule has 0 saturated carbocycles. The van der Waals surface area contributed by atoms with Crippen molar-refractivity contribution in [3.8, 4) is 0 Å². The fourth-order valence-corrected chi connectivity index (χ4v) is 1.35. The fraction of sp³-hybridized carbons (Fsp3) is 0.111. The van der Waals surface area contributed by atoms with E-state index in [4.69, 9.17) is 14.7 Å². The van der Waals surface area contributed by atoms with Crippen LogP contribution >= 0.6 is 7.94 Å². The van der Waals surface area contributed by atoms with Gasteiger partial charge in [0.25, 0.3) is 0 Å². The number of allylic oxidation sites excluding steroid dienone is 1. The van der Waals surface area contributed by atoms with Crippen LogP contribution in [0.3, 0.4) is 0 Å². The van der Waals surface area contributed by atoms with Gasteiger partial charge in [-0.25, -0.2) is 0 Å². The van der Waals surface area contributed by atoms with Crippen LogP contribution in [0.4, 0.5) is 0 Å². The van der Waals surface area contributed by atoms with Gasteiger partial charge in [-0.15, -0.1) is 0 Å². The van der Waals surface area contributed by atoms with Crippen LogP contribution < -0.4 is 0 Å². The molecule has 0 amide bonds. The Morgan fingerprint density at radius 1 is 1.08 bits per heavy atom. The Kier molecular flexibility index (Phi) is 3.58. The molecule has 4 heteroatoms. The Bertz CT molecular complexity index is 277. The molecule has 1 rings (SSSR count). The van der Waals surface area contributed by atoms with Gasteiger partial charge >= 0.3 is 76.8 Å². The molecule has 0 aliphatic carbocycles. The van der Waals surface area contributed by atoms with Gasteiger partial charge in [-0.3, -0.25) is 0 Å². The molecule has 0 radical (unpaired) electrons. The minimum absolute atomic E-state index is 0.0676. The van der Waals surface area contributed by atoms with E-state index < -0.39 is 7.94 Å². The van der Waals surface area contributed by atoms with Gasteiger partial charge in [-0.05, 0) is 0 Å². The van der Waals surface area contributed by atoms with E-state index in [2.05, 4.69) is 0 Å². The third kappa shape index (κ3) is 4.76. The summed E-state index contributed by atoms with van der Waals surface area (Å²) >= 11 is 0. The molecule has 72 valence electrons. The summed E-state index contributed by atoms with van der Waals surface area (Å²) in [7, 11) is -3.90. The topological polar surface area (TPSA) is 60.7 Å². The van der Waals surface area contributed by atoms with Gasteiger partial charge in [0, 0.05) is 0 Å². The van der Waals surface area contributed by atoms with E-state index in [-0.39, 0.29) is 6.16 Å². The summed E-state index contributed by atoms with van der Waals surface area (Å²) in [6.07, 6.45) is 3.23. The van der Waals surface area contributed by atoms with Crippen molar-refractivity contribution in [3.05, 3.63) is 42.0 Å². The summed E-state index contributed by atoms with van der Waals surface area (Å²) in [6, 6.07) is 9.47. The van der Waals surface area contributed by atoms with Crippen molar-refractivity contribution < 1.29 is 14.7 Å². The molecule has 0 atom stereocenters. The van der Waals surface area contributed by atoms with Crippen molar-refractivity contribution in [1.29, 1.82) is 0 Å². The summed E-state index contributed by atoms with van der Waals surface area (Å²) in [4.78, 5) is 26.1. The molecule has 0 spiro atoms. The van der Waals surface area contributed by atoms with Crippen molar-refractivity contribution in [2.45, 2.75) is 0 Å². The summed E-state index contributed by atoms with van der Waals surface area (Å²) in [6.45, 7) is 0. The number of hydrogen-bond donors (Lipinski definition) is 3. The predicted molar refractivity (Wildman–Crippen MR) is 55.3 cm³/mol. The molecule has 13 heavy (non-hydrogen) atoms. The van der Waals surface area contributed by atoms with Crippen LogP contribution in [0.1, 0.15) is 5.56 Å². The predicted octanol–water partition coefficient (Wildman–Crippen LogP) is 1.17. The van der Waals surface area contributed by atoms with E-state index >= 15 is 0 Å². The van der Waals surface area contributed by atoms with E-state index in [0.29, 0.717) is 0 Å². The third-order valence-corrected chi connectivity index (χ3v) is 2.29. The molecule has 0 heterocycles. The molecule has 1 aromatic rings. The maximum atomic E-state index is 8.69. The van der Waals surface area contributed by atoms with Crippen molar-refractivity contribution in [2.75, 3.05) is 6.16 Å². The molecule has 0 saturated heterocycles. The normalized spacial score (nSPS) is 13.5. The Labute approximate surface area is 77.6 Å². The van der Waals surface area contributed by atoms with E-state index in [9.17, 15) is 0 Å². The van der Waals surface area contributed by atoms with Crippen molar-refractivity contribution in [2.24, 2.45) is 0 Å². The summed E-state index contributed by atoms with van der Waals surface area (Å²) < 4.78 is 0. The first kappa shape index (κ1) is 10.4. The molecule has 0 aliphatic heterocycles. The Hall–Kier alpha value is -0.730. The second-order valence-corrected chi connectivity index (χ2v) is 4.75. The monoisotopic (exact) mass is 200 g/mol. The molecule has 0 aliphatic rings. The van der Waals surface area contributed by atoms with Gasteiger partial charge < -0.3 is 0 Å². The van der Waals surface area contributed by atoms with Crippen LogP contribution in [0.25, 0.3) is 6.08 Å². The molecular weight excluding hydrogens is 187 g/mol. The zero-order valence-corrected chi connectivity index (χ0v) is 8.09. The SMILES string of the molecule is O[PH](O)(O)CC=Cc1ccccc1. The van der Waals surface area contributed by atoms with Crippen LogP contribution in [-0.4, -0.2) is 20.8 Å². The zero-order valence-electron chi connectivity index (χ0n) is 7.09. The van der Waals surface area contributed by atoms with E-state index in [1.807, 2.05) is 30.3 Å². The van der Waals surface area contributed by atoms with E-state index in [1.165, 1.54) is 0 Å². The second kappa shape index (κ2) is 4.49. The van der Waals surface area contributed by atoms with Crippen molar-refractivity contribution in [3.63, 3.8) is 0 Å². The summed E-state index contributed by atoms with van der Waals surface area (Å²) in [5, 5.41) is 0. The molecule has 3 N–H and O–H groups in total. The fourth-order valence-electron chi connectivity index (χ4n) is 0.917. The molecule has 1 aromatic carbocycles. The van der Waals surface area contributed by atoms with E-state index in [1.54, 1.807) is 12.2 Å². The molecule has 3 nitrogen and oxygen atoms in total. The first-order chi connectivity index (χ1) is 6.08. The summed E-state index contributed by atoms with van der Waals surface area (Å²) in [5.74, 6) is 0. The average Bonchev–Trinajstić information content (AvgIpc) is 2.04. The van der Waals surface area contributed by atoms with Gasteiger partial charge in [0.15, 0.2) is 0 Å². The summed E-state index contributed by atoms with van der Waals surface area (Å²) in [5.41, 5.74) is 0.973. The van der Waals surface area contributed by atoms with Gasteiger partial charge in [-0.1, -0.05) is 0 Å². The second-order valence-electron chi connectivity index (χ2n) is 2.79. The minimum atomic E-state index is -3.90. The number of rotatable bonds is 3. The van der Waals surface area contributed by atoms with Crippen LogP contribution in [0.2, 0.25) is 0 Å². The molecule has 0 bridgehead atoms. The van der Waals surface area contributed by atoms with Crippen LogP contribution in [0.5, 0.6) is 0 Å². The molecule has 0 aromatic heterocycles. The van der Waals surface area contributed by atoms with Gasteiger partial charge in [0.1, 0.15) is 0 Å². The van der Waals surface area contributed by atoms with Crippen LogP contribution in [0.15, 0.2) is 36.4 Å². The Morgan fingerprint density at radius 2 is 1.69 bits per heavy atom. The van der Waals surface area contributed by atoms with Crippen LogP contribution in [0, 0.1) is 0 Å². The third-order valence-electron chi connectivity index (χ3n) is 1.50. The zero-order chi connectivity index (χ0) is 9.73. The first-order valence-electron chi connectivity index (χ1n) is 3.97. The standard InChI is InChI=1S/C9H13O3P/c10-13(11,12)8-4-7-9-5-2-1-3-6-9/h1-7,10-13H,8H2. The molecule has 0 unspecified atom stereocenters. The Morgan fingerprint density at radius 3 is 2.23 bits per heavy atom. The molecular formula is C9H13O3P. The van der Waals surface area contributed by atoms with Crippen LogP contribution in [-0.2, 0) is 0 Å². The van der Waals surface area contributed by atoms with Gasteiger partial charge in [-0.2, -0.15) is 0 Å². The van der Waals surface area contributed by atoms with Gasteiger partial charge in [0.05, 0.1) is 0 Å². The van der Waals surface area contributed by atoms with Crippen molar-refractivity contribution in [1.82, 2.24) is 0 Å².